The molecule has 0 unspecified atom stereocenters. The molecule has 0 aliphatic carbocycles. The highest BCUT2D eigenvalue weighted by molar-refractivity contribution is 7.98. The summed E-state index contributed by atoms with van der Waals surface area (Å²) in [4.78, 5) is 13.9. The smallest absolute Gasteiger partial charge is 0.190 e. The van der Waals surface area contributed by atoms with Crippen molar-refractivity contribution < 1.29 is 0 Å². The van der Waals surface area contributed by atoms with Crippen LogP contribution in [0.2, 0.25) is 0 Å². The molecule has 0 saturated carbocycles. The molecule has 0 amide bonds. The van der Waals surface area contributed by atoms with E-state index in [9.17, 15) is 0 Å². The van der Waals surface area contributed by atoms with Crippen LogP contribution in [0, 0.1) is 13.8 Å². The Hall–Kier alpha value is -1.14. The molecule has 2 aromatic heterocycles. The SMILES string of the molecule is Cc1cc(N)nc(SCc2cnc(C)s2)n1. The third-order valence-electron chi connectivity index (χ3n) is 1.87. The summed E-state index contributed by atoms with van der Waals surface area (Å²) in [5.74, 6) is 1.37. The van der Waals surface area contributed by atoms with E-state index in [1.807, 2.05) is 20.0 Å². The van der Waals surface area contributed by atoms with E-state index < -0.39 is 0 Å². The summed E-state index contributed by atoms with van der Waals surface area (Å²) in [7, 11) is 0. The highest BCUT2D eigenvalue weighted by Crippen LogP contribution is 2.23. The van der Waals surface area contributed by atoms with E-state index in [-0.39, 0.29) is 0 Å². The van der Waals surface area contributed by atoms with Crippen molar-refractivity contribution in [2.75, 3.05) is 5.73 Å². The molecule has 84 valence electrons. The van der Waals surface area contributed by atoms with Gasteiger partial charge in [0.05, 0.1) is 5.01 Å². The predicted octanol–water partition coefficient (Wildman–Crippen LogP) is 2.42. The number of thiazole rings is 1. The van der Waals surface area contributed by atoms with Gasteiger partial charge in [0, 0.05) is 28.6 Å². The van der Waals surface area contributed by atoms with Gasteiger partial charge in [0.25, 0.3) is 0 Å². The molecular formula is C10H12N4S2. The van der Waals surface area contributed by atoms with Gasteiger partial charge in [-0.25, -0.2) is 15.0 Å². The second-order valence-corrected chi connectivity index (χ2v) is 5.61. The average molecular weight is 252 g/mol. The lowest BCUT2D eigenvalue weighted by molar-refractivity contribution is 0.940. The van der Waals surface area contributed by atoms with Crippen LogP contribution in [-0.2, 0) is 5.75 Å². The summed E-state index contributed by atoms with van der Waals surface area (Å²) in [5, 5.41) is 1.81. The number of hydrogen-bond donors (Lipinski definition) is 1. The molecule has 0 spiro atoms. The maximum Gasteiger partial charge on any atom is 0.190 e. The molecular weight excluding hydrogens is 240 g/mol. The van der Waals surface area contributed by atoms with E-state index in [0.29, 0.717) is 5.82 Å². The molecule has 0 radical (unpaired) electrons. The first kappa shape index (κ1) is 11.3. The van der Waals surface area contributed by atoms with Crippen LogP contribution in [0.15, 0.2) is 17.4 Å². The average Bonchev–Trinajstić information content (AvgIpc) is 2.60. The fraction of sp³-hybridized carbons (Fsp3) is 0.300. The third kappa shape index (κ3) is 2.93. The van der Waals surface area contributed by atoms with E-state index in [1.165, 1.54) is 4.88 Å². The maximum absolute atomic E-state index is 5.66. The summed E-state index contributed by atoms with van der Waals surface area (Å²) < 4.78 is 0. The first-order chi connectivity index (χ1) is 7.63. The second kappa shape index (κ2) is 4.80. The summed E-state index contributed by atoms with van der Waals surface area (Å²) >= 11 is 3.28. The first-order valence-electron chi connectivity index (χ1n) is 4.79. The van der Waals surface area contributed by atoms with Gasteiger partial charge in [-0.1, -0.05) is 11.8 Å². The summed E-state index contributed by atoms with van der Waals surface area (Å²) in [5.41, 5.74) is 6.56. The monoisotopic (exact) mass is 252 g/mol. The van der Waals surface area contributed by atoms with E-state index in [1.54, 1.807) is 29.2 Å². The Morgan fingerprint density at radius 3 is 2.81 bits per heavy atom. The van der Waals surface area contributed by atoms with Gasteiger partial charge >= 0.3 is 0 Å². The highest BCUT2D eigenvalue weighted by Gasteiger charge is 2.03. The second-order valence-electron chi connectivity index (χ2n) is 3.35. The van der Waals surface area contributed by atoms with Crippen LogP contribution in [0.1, 0.15) is 15.6 Å². The van der Waals surface area contributed by atoms with Crippen LogP contribution in [0.3, 0.4) is 0 Å². The fourth-order valence-electron chi connectivity index (χ4n) is 1.24. The predicted molar refractivity (Wildman–Crippen MR) is 67.6 cm³/mol. The van der Waals surface area contributed by atoms with E-state index in [0.717, 1.165) is 21.6 Å². The fourth-order valence-corrected chi connectivity index (χ4v) is 2.96. The van der Waals surface area contributed by atoms with E-state index in [4.69, 9.17) is 5.73 Å². The van der Waals surface area contributed by atoms with E-state index in [2.05, 4.69) is 15.0 Å². The Morgan fingerprint density at radius 2 is 2.19 bits per heavy atom. The van der Waals surface area contributed by atoms with Gasteiger partial charge in [-0.05, 0) is 13.8 Å². The largest absolute Gasteiger partial charge is 0.384 e. The molecule has 2 heterocycles. The molecule has 0 aliphatic heterocycles. The van der Waals surface area contributed by atoms with E-state index >= 15 is 0 Å². The van der Waals surface area contributed by atoms with Gasteiger partial charge in [-0.15, -0.1) is 11.3 Å². The molecule has 4 nitrogen and oxygen atoms in total. The lowest BCUT2D eigenvalue weighted by Crippen LogP contribution is -1.96. The van der Waals surface area contributed by atoms with Crippen LogP contribution in [0.25, 0.3) is 0 Å². The zero-order valence-corrected chi connectivity index (χ0v) is 10.7. The standard InChI is InChI=1S/C10H12N4S2/c1-6-3-9(11)14-10(13-6)15-5-8-4-12-7(2)16-8/h3-4H,5H2,1-2H3,(H2,11,13,14). The lowest BCUT2D eigenvalue weighted by atomic mass is 10.4. The number of aromatic nitrogens is 3. The van der Waals surface area contributed by atoms with Crippen molar-refractivity contribution in [1.29, 1.82) is 0 Å². The maximum atomic E-state index is 5.66. The molecule has 2 N–H and O–H groups in total. The summed E-state index contributed by atoms with van der Waals surface area (Å²) in [6.45, 7) is 3.92. The summed E-state index contributed by atoms with van der Waals surface area (Å²) in [6.07, 6.45) is 1.89. The molecule has 0 fully saturated rings. The molecule has 16 heavy (non-hydrogen) atoms. The minimum Gasteiger partial charge on any atom is -0.384 e. The number of rotatable bonds is 3. The molecule has 6 heteroatoms. The Bertz CT molecular complexity index is 475. The number of anilines is 1. The normalized spacial score (nSPS) is 10.6. The van der Waals surface area contributed by atoms with Crippen molar-refractivity contribution >= 4 is 28.9 Å². The zero-order chi connectivity index (χ0) is 11.5. The Labute approximate surface area is 102 Å². The minimum atomic E-state index is 0.524. The van der Waals surface area contributed by atoms with Crippen LogP contribution >= 0.6 is 23.1 Å². The number of nitrogen functional groups attached to an aromatic ring is 1. The Morgan fingerprint density at radius 1 is 1.38 bits per heavy atom. The first-order valence-corrected chi connectivity index (χ1v) is 6.59. The van der Waals surface area contributed by atoms with Gasteiger partial charge in [-0.3, -0.25) is 0 Å². The van der Waals surface area contributed by atoms with Crippen molar-refractivity contribution in [3.8, 4) is 0 Å². The molecule has 0 saturated heterocycles. The van der Waals surface area contributed by atoms with Crippen molar-refractivity contribution in [2.24, 2.45) is 0 Å². The van der Waals surface area contributed by atoms with Crippen LogP contribution in [0.5, 0.6) is 0 Å². The van der Waals surface area contributed by atoms with Crippen LogP contribution < -0.4 is 5.73 Å². The number of nitrogens with zero attached hydrogens (tertiary/aromatic N) is 3. The summed E-state index contributed by atoms with van der Waals surface area (Å²) in [6, 6.07) is 1.76. The number of aryl methyl sites for hydroxylation is 2. The van der Waals surface area contributed by atoms with Gasteiger partial charge in [0.15, 0.2) is 5.16 Å². The van der Waals surface area contributed by atoms with Crippen molar-refractivity contribution in [3.63, 3.8) is 0 Å². The number of thioether (sulfide) groups is 1. The molecule has 0 aliphatic rings. The Kier molecular flexibility index (Phi) is 3.40. The quantitative estimate of drug-likeness (QED) is 0.671. The molecule has 0 aromatic carbocycles. The van der Waals surface area contributed by atoms with Crippen molar-refractivity contribution in [2.45, 2.75) is 24.8 Å². The van der Waals surface area contributed by atoms with Crippen molar-refractivity contribution in [1.82, 2.24) is 15.0 Å². The Balaban J connectivity index is 2.04. The van der Waals surface area contributed by atoms with Crippen LogP contribution in [-0.4, -0.2) is 15.0 Å². The van der Waals surface area contributed by atoms with Gasteiger partial charge in [-0.2, -0.15) is 0 Å². The molecule has 2 aromatic rings. The third-order valence-corrected chi connectivity index (χ3v) is 3.86. The molecule has 0 atom stereocenters. The van der Waals surface area contributed by atoms with Crippen LogP contribution in [0.4, 0.5) is 5.82 Å². The lowest BCUT2D eigenvalue weighted by Gasteiger charge is -2.01. The highest BCUT2D eigenvalue weighted by atomic mass is 32.2. The number of nitrogens with two attached hydrogens (primary N) is 1. The van der Waals surface area contributed by atoms with Crippen molar-refractivity contribution in [3.05, 3.63) is 27.8 Å². The molecule has 0 bridgehead atoms. The number of hydrogen-bond acceptors (Lipinski definition) is 6. The van der Waals surface area contributed by atoms with Gasteiger partial charge in [0.1, 0.15) is 5.82 Å². The van der Waals surface area contributed by atoms with Gasteiger partial charge in [0.2, 0.25) is 0 Å². The minimum absolute atomic E-state index is 0.524. The van der Waals surface area contributed by atoms with Gasteiger partial charge < -0.3 is 5.73 Å². The molecule has 2 rings (SSSR count). The topological polar surface area (TPSA) is 64.7 Å². The zero-order valence-electron chi connectivity index (χ0n) is 9.10.